The summed E-state index contributed by atoms with van der Waals surface area (Å²) in [6, 6.07) is 26.9. The van der Waals surface area contributed by atoms with Crippen molar-refractivity contribution in [3.63, 3.8) is 0 Å². The van der Waals surface area contributed by atoms with Crippen LogP contribution in [-0.4, -0.2) is 11.7 Å². The second kappa shape index (κ2) is 9.74. The molecule has 5 rings (SSSR count). The summed E-state index contributed by atoms with van der Waals surface area (Å²) in [7, 11) is 0. The highest BCUT2D eigenvalue weighted by Gasteiger charge is 2.30. The van der Waals surface area contributed by atoms with E-state index in [0.29, 0.717) is 22.4 Å². The third kappa shape index (κ3) is 5.14. The topological polar surface area (TPSA) is 46.2 Å². The lowest BCUT2D eigenvalue weighted by Crippen LogP contribution is -2.14. The number of nitrogens with one attached hydrogen (secondary N) is 1. The highest BCUT2D eigenvalue weighted by molar-refractivity contribution is 6.20. The second-order valence-electron chi connectivity index (χ2n) is 8.54. The fourth-order valence-corrected chi connectivity index (χ4v) is 4.25. The molecule has 182 valence electrons. The number of rotatable bonds is 4. The van der Waals surface area contributed by atoms with E-state index in [0.717, 1.165) is 34.4 Å². The molecule has 0 unspecified atom stereocenters. The SMILES string of the molecule is O=C(/C=C/c1ccc(C(F)(F)F)cc1)Nc1ccc(C=C2c3ccccc3C(=O)c3ccccc32)cc1. The Bertz CT molecular complexity index is 1500. The van der Waals surface area contributed by atoms with Gasteiger partial charge in [-0.2, -0.15) is 13.2 Å². The minimum absolute atomic E-state index is 0.00533. The molecule has 6 heteroatoms. The number of ketones is 1. The van der Waals surface area contributed by atoms with Crippen molar-refractivity contribution >= 4 is 35.1 Å². The van der Waals surface area contributed by atoms with Crippen molar-refractivity contribution < 1.29 is 22.8 Å². The first-order valence-electron chi connectivity index (χ1n) is 11.5. The molecule has 0 radical (unpaired) electrons. The van der Waals surface area contributed by atoms with Crippen LogP contribution in [0.5, 0.6) is 0 Å². The van der Waals surface area contributed by atoms with E-state index in [2.05, 4.69) is 5.32 Å². The maximum absolute atomic E-state index is 12.9. The average molecular weight is 496 g/mol. The molecule has 0 bridgehead atoms. The van der Waals surface area contributed by atoms with Gasteiger partial charge in [0, 0.05) is 22.9 Å². The monoisotopic (exact) mass is 495 g/mol. The van der Waals surface area contributed by atoms with E-state index in [1.807, 2.05) is 66.7 Å². The highest BCUT2D eigenvalue weighted by Crippen LogP contribution is 2.37. The van der Waals surface area contributed by atoms with Crippen LogP contribution in [0.15, 0.2) is 103 Å². The lowest BCUT2D eigenvalue weighted by Gasteiger charge is -2.21. The molecular weight excluding hydrogens is 475 g/mol. The smallest absolute Gasteiger partial charge is 0.323 e. The van der Waals surface area contributed by atoms with E-state index < -0.39 is 17.6 Å². The molecule has 3 nitrogen and oxygen atoms in total. The van der Waals surface area contributed by atoms with Crippen LogP contribution in [0.25, 0.3) is 17.7 Å². The lowest BCUT2D eigenvalue weighted by atomic mass is 9.81. The summed E-state index contributed by atoms with van der Waals surface area (Å²) in [5, 5.41) is 2.74. The van der Waals surface area contributed by atoms with E-state index in [-0.39, 0.29) is 5.78 Å². The van der Waals surface area contributed by atoms with E-state index in [4.69, 9.17) is 0 Å². The minimum Gasteiger partial charge on any atom is -0.323 e. The molecule has 4 aromatic rings. The summed E-state index contributed by atoms with van der Waals surface area (Å²) < 4.78 is 38.1. The van der Waals surface area contributed by atoms with Crippen LogP contribution in [-0.2, 0) is 11.0 Å². The molecule has 1 N–H and O–H groups in total. The van der Waals surface area contributed by atoms with Crippen LogP contribution in [0.1, 0.15) is 43.7 Å². The van der Waals surface area contributed by atoms with Gasteiger partial charge < -0.3 is 5.32 Å². The number of hydrogen-bond acceptors (Lipinski definition) is 2. The van der Waals surface area contributed by atoms with Crippen molar-refractivity contribution in [1.29, 1.82) is 0 Å². The molecule has 0 saturated heterocycles. The van der Waals surface area contributed by atoms with Gasteiger partial charge in [-0.1, -0.05) is 72.8 Å². The Kier molecular flexibility index (Phi) is 6.32. The summed E-state index contributed by atoms with van der Waals surface area (Å²) in [4.78, 5) is 25.2. The zero-order chi connectivity index (χ0) is 26.0. The van der Waals surface area contributed by atoms with Crippen LogP contribution >= 0.6 is 0 Å². The molecule has 0 spiro atoms. The zero-order valence-electron chi connectivity index (χ0n) is 19.4. The molecule has 1 amide bonds. The number of fused-ring (bicyclic) bond motifs is 2. The molecule has 0 aromatic heterocycles. The number of halogens is 3. The van der Waals surface area contributed by atoms with Crippen LogP contribution in [0.2, 0.25) is 0 Å². The predicted octanol–water partition coefficient (Wildman–Crippen LogP) is 7.49. The van der Waals surface area contributed by atoms with Gasteiger partial charge in [-0.15, -0.1) is 0 Å². The molecule has 0 heterocycles. The Morgan fingerprint density at radius 1 is 0.676 bits per heavy atom. The van der Waals surface area contributed by atoms with Crippen LogP contribution in [0, 0.1) is 0 Å². The third-order valence-corrected chi connectivity index (χ3v) is 6.08. The first kappa shape index (κ1) is 24.0. The Morgan fingerprint density at radius 3 is 1.73 bits per heavy atom. The van der Waals surface area contributed by atoms with Crippen molar-refractivity contribution in [1.82, 2.24) is 0 Å². The van der Waals surface area contributed by atoms with Gasteiger partial charge in [0.2, 0.25) is 5.91 Å². The summed E-state index contributed by atoms with van der Waals surface area (Å²) >= 11 is 0. The lowest BCUT2D eigenvalue weighted by molar-refractivity contribution is -0.137. The van der Waals surface area contributed by atoms with E-state index in [1.54, 1.807) is 12.1 Å². The molecule has 0 atom stereocenters. The number of amides is 1. The van der Waals surface area contributed by atoms with Gasteiger partial charge in [0.15, 0.2) is 5.78 Å². The molecule has 0 fully saturated rings. The van der Waals surface area contributed by atoms with Gasteiger partial charge in [0.05, 0.1) is 5.56 Å². The van der Waals surface area contributed by atoms with Crippen molar-refractivity contribution in [2.45, 2.75) is 6.18 Å². The first-order valence-corrected chi connectivity index (χ1v) is 11.5. The van der Waals surface area contributed by atoms with Crippen LogP contribution in [0.3, 0.4) is 0 Å². The molecule has 0 saturated carbocycles. The molecule has 4 aromatic carbocycles. The maximum Gasteiger partial charge on any atom is 0.416 e. The maximum atomic E-state index is 12.9. The van der Waals surface area contributed by atoms with Crippen molar-refractivity contribution in [2.24, 2.45) is 0 Å². The minimum atomic E-state index is -4.40. The standard InChI is InChI=1S/C31H20F3NO2/c32-31(33,34)22-14-9-20(10-15-22)13-18-29(36)35-23-16-11-21(12-17-23)19-28-24-5-1-3-7-26(24)30(37)27-8-4-2-6-25(27)28/h1-19H,(H,35,36)/b18-13+. The number of carbonyl (C=O) groups excluding carboxylic acids is 2. The van der Waals surface area contributed by atoms with E-state index >= 15 is 0 Å². The Morgan fingerprint density at radius 2 is 1.19 bits per heavy atom. The molecular formula is C31H20F3NO2. The fourth-order valence-electron chi connectivity index (χ4n) is 4.25. The average Bonchev–Trinajstić information content (AvgIpc) is 2.90. The van der Waals surface area contributed by atoms with Gasteiger partial charge in [0.1, 0.15) is 0 Å². The number of carbonyl (C=O) groups is 2. The Balaban J connectivity index is 1.32. The van der Waals surface area contributed by atoms with Crippen LogP contribution < -0.4 is 5.32 Å². The van der Waals surface area contributed by atoms with Gasteiger partial charge in [-0.25, -0.2) is 0 Å². The Hall–Kier alpha value is -4.71. The fraction of sp³-hybridized carbons (Fsp3) is 0.0323. The number of anilines is 1. The highest BCUT2D eigenvalue weighted by atomic mass is 19.4. The zero-order valence-corrected chi connectivity index (χ0v) is 19.4. The van der Waals surface area contributed by atoms with E-state index in [1.165, 1.54) is 24.3 Å². The third-order valence-electron chi connectivity index (χ3n) is 6.08. The number of alkyl halides is 3. The summed E-state index contributed by atoms with van der Waals surface area (Å²) in [6.45, 7) is 0. The first-order chi connectivity index (χ1) is 17.8. The quantitative estimate of drug-likeness (QED) is 0.263. The molecule has 1 aliphatic rings. The summed E-state index contributed by atoms with van der Waals surface area (Å²) in [5.74, 6) is -0.398. The molecule has 0 aliphatic heterocycles. The predicted molar refractivity (Wildman–Crippen MR) is 139 cm³/mol. The van der Waals surface area contributed by atoms with Gasteiger partial charge in [-0.3, -0.25) is 9.59 Å². The van der Waals surface area contributed by atoms with Gasteiger partial charge in [0.25, 0.3) is 0 Å². The van der Waals surface area contributed by atoms with Gasteiger partial charge >= 0.3 is 6.18 Å². The Labute approximate surface area is 211 Å². The van der Waals surface area contributed by atoms with Crippen molar-refractivity contribution in [3.8, 4) is 0 Å². The normalized spacial score (nSPS) is 12.7. The second-order valence-corrected chi connectivity index (χ2v) is 8.54. The number of hydrogen-bond donors (Lipinski definition) is 1. The largest absolute Gasteiger partial charge is 0.416 e. The van der Waals surface area contributed by atoms with Crippen molar-refractivity contribution in [3.05, 3.63) is 142 Å². The molecule has 1 aliphatic carbocycles. The van der Waals surface area contributed by atoms with Crippen molar-refractivity contribution in [2.75, 3.05) is 5.32 Å². The molecule has 37 heavy (non-hydrogen) atoms. The summed E-state index contributed by atoms with van der Waals surface area (Å²) in [6.07, 6.45) is 0.335. The van der Waals surface area contributed by atoms with Crippen LogP contribution in [0.4, 0.5) is 18.9 Å². The van der Waals surface area contributed by atoms with E-state index in [9.17, 15) is 22.8 Å². The van der Waals surface area contributed by atoms with Gasteiger partial charge in [-0.05, 0) is 64.2 Å². The summed E-state index contributed by atoms with van der Waals surface area (Å²) in [5.41, 5.74) is 5.23. The number of benzene rings is 4.